The summed E-state index contributed by atoms with van der Waals surface area (Å²) >= 11 is 6.19. The van der Waals surface area contributed by atoms with Crippen LogP contribution in [-0.4, -0.2) is 18.9 Å². The maximum absolute atomic E-state index is 12.4. The first-order chi connectivity index (χ1) is 8.51. The molecule has 0 saturated carbocycles. The van der Waals surface area contributed by atoms with Crippen LogP contribution in [0.4, 0.5) is 0 Å². The van der Waals surface area contributed by atoms with Crippen molar-refractivity contribution in [2.24, 2.45) is 5.41 Å². The normalized spacial score (nSPS) is 18.6. The molecular formula is C15H20ClNO. The van der Waals surface area contributed by atoms with Crippen molar-refractivity contribution in [2.75, 3.05) is 13.1 Å². The van der Waals surface area contributed by atoms with Crippen LogP contribution in [-0.2, 0) is 11.2 Å². The number of hydrogen-bond donors (Lipinski definition) is 1. The van der Waals surface area contributed by atoms with Gasteiger partial charge in [-0.25, -0.2) is 0 Å². The van der Waals surface area contributed by atoms with Crippen LogP contribution < -0.4 is 5.32 Å². The number of hydrogen-bond acceptors (Lipinski definition) is 2. The van der Waals surface area contributed by atoms with Crippen molar-refractivity contribution in [3.63, 3.8) is 0 Å². The fraction of sp³-hybridized carbons (Fsp3) is 0.533. The Morgan fingerprint density at radius 1 is 1.39 bits per heavy atom. The molecule has 0 unspecified atom stereocenters. The van der Waals surface area contributed by atoms with Crippen LogP contribution in [0.15, 0.2) is 18.2 Å². The average Bonchev–Trinajstić information content (AvgIpc) is 2.33. The maximum atomic E-state index is 12.4. The third kappa shape index (κ3) is 2.93. The zero-order chi connectivity index (χ0) is 13.2. The first-order valence-electron chi connectivity index (χ1n) is 6.50. The predicted molar refractivity (Wildman–Crippen MR) is 75.1 cm³/mol. The smallest absolute Gasteiger partial charge is 0.143 e. The van der Waals surface area contributed by atoms with E-state index in [1.54, 1.807) is 0 Å². The minimum absolute atomic E-state index is 0.181. The Balaban J connectivity index is 2.11. The molecule has 98 valence electrons. The van der Waals surface area contributed by atoms with Crippen LogP contribution in [0.3, 0.4) is 0 Å². The number of carbonyl (C=O) groups excluding carboxylic acids is 1. The van der Waals surface area contributed by atoms with E-state index in [9.17, 15) is 4.79 Å². The second kappa shape index (κ2) is 5.41. The van der Waals surface area contributed by atoms with Gasteiger partial charge >= 0.3 is 0 Å². The van der Waals surface area contributed by atoms with Gasteiger partial charge in [-0.1, -0.05) is 30.7 Å². The highest BCUT2D eigenvalue weighted by Gasteiger charge is 2.34. The largest absolute Gasteiger partial charge is 0.317 e. The predicted octanol–water partition coefficient (Wildman–Crippen LogP) is 3.15. The zero-order valence-electron chi connectivity index (χ0n) is 11.1. The molecule has 0 aliphatic carbocycles. The number of aryl methyl sites for hydroxylation is 1. The minimum atomic E-state index is -0.181. The Hall–Kier alpha value is -0.860. The van der Waals surface area contributed by atoms with Crippen molar-refractivity contribution in [2.45, 2.75) is 33.1 Å². The molecule has 0 amide bonds. The molecule has 0 atom stereocenters. The molecule has 18 heavy (non-hydrogen) atoms. The van der Waals surface area contributed by atoms with E-state index >= 15 is 0 Å². The molecule has 1 aliphatic heterocycles. The minimum Gasteiger partial charge on any atom is -0.317 e. The van der Waals surface area contributed by atoms with Crippen LogP contribution >= 0.6 is 11.6 Å². The molecule has 0 bridgehead atoms. The second-order valence-corrected chi connectivity index (χ2v) is 5.91. The molecule has 1 saturated heterocycles. The summed E-state index contributed by atoms with van der Waals surface area (Å²) in [5, 5.41) is 4.01. The summed E-state index contributed by atoms with van der Waals surface area (Å²) in [5.41, 5.74) is 1.90. The van der Waals surface area contributed by atoms with E-state index in [1.807, 2.05) is 25.1 Å². The highest BCUT2D eigenvalue weighted by molar-refractivity contribution is 6.31. The number of carbonyl (C=O) groups is 1. The number of nitrogens with one attached hydrogen (secondary N) is 1. The number of Topliss-reactive ketones (excluding diaryl/α,β-unsaturated/α-hetero) is 1. The highest BCUT2D eigenvalue weighted by atomic mass is 35.5. The van der Waals surface area contributed by atoms with E-state index in [-0.39, 0.29) is 5.41 Å². The molecular weight excluding hydrogens is 246 g/mol. The van der Waals surface area contributed by atoms with Gasteiger partial charge in [0.05, 0.1) is 0 Å². The number of rotatable bonds is 3. The number of halogens is 1. The third-order valence-corrected chi connectivity index (χ3v) is 4.29. The van der Waals surface area contributed by atoms with E-state index in [2.05, 4.69) is 12.2 Å². The number of piperidine rings is 1. The summed E-state index contributed by atoms with van der Waals surface area (Å²) < 4.78 is 0. The first-order valence-corrected chi connectivity index (χ1v) is 6.88. The average molecular weight is 266 g/mol. The lowest BCUT2D eigenvalue weighted by molar-refractivity contribution is -0.128. The Labute approximate surface area is 114 Å². The van der Waals surface area contributed by atoms with Gasteiger partial charge in [0.2, 0.25) is 0 Å². The van der Waals surface area contributed by atoms with Gasteiger partial charge in [0.15, 0.2) is 0 Å². The van der Waals surface area contributed by atoms with Crippen molar-refractivity contribution >= 4 is 17.4 Å². The molecule has 0 radical (unpaired) electrons. The Morgan fingerprint density at radius 2 is 2.06 bits per heavy atom. The van der Waals surface area contributed by atoms with Crippen LogP contribution in [0.25, 0.3) is 0 Å². The molecule has 1 aliphatic rings. The molecule has 3 heteroatoms. The van der Waals surface area contributed by atoms with Gasteiger partial charge in [-0.05, 0) is 50.0 Å². The Kier molecular flexibility index (Phi) is 4.08. The summed E-state index contributed by atoms with van der Waals surface area (Å²) in [6.07, 6.45) is 2.31. The van der Waals surface area contributed by atoms with Gasteiger partial charge in [0, 0.05) is 16.9 Å². The Bertz CT molecular complexity index is 450. The van der Waals surface area contributed by atoms with E-state index in [0.717, 1.165) is 37.1 Å². The highest BCUT2D eigenvalue weighted by Crippen LogP contribution is 2.31. The maximum Gasteiger partial charge on any atom is 0.143 e. The van der Waals surface area contributed by atoms with Crippen LogP contribution in [0.5, 0.6) is 0 Å². The first kappa shape index (κ1) is 13.6. The van der Waals surface area contributed by atoms with E-state index in [0.29, 0.717) is 17.2 Å². The summed E-state index contributed by atoms with van der Waals surface area (Å²) in [7, 11) is 0. The van der Waals surface area contributed by atoms with Gasteiger partial charge in [0.1, 0.15) is 5.78 Å². The standard InChI is InChI=1S/C15H20ClNO/c1-11-3-4-12(13(16)9-11)10-14(18)15(2)5-7-17-8-6-15/h3-4,9,17H,5-8,10H2,1-2H3. The van der Waals surface area contributed by atoms with E-state index < -0.39 is 0 Å². The van der Waals surface area contributed by atoms with E-state index in [1.165, 1.54) is 0 Å². The lowest BCUT2D eigenvalue weighted by Crippen LogP contribution is -2.40. The van der Waals surface area contributed by atoms with Gasteiger partial charge in [-0.15, -0.1) is 0 Å². The Morgan fingerprint density at radius 3 is 2.67 bits per heavy atom. The molecule has 2 nitrogen and oxygen atoms in total. The monoisotopic (exact) mass is 265 g/mol. The fourth-order valence-corrected chi connectivity index (χ4v) is 2.74. The second-order valence-electron chi connectivity index (χ2n) is 5.51. The summed E-state index contributed by atoms with van der Waals surface area (Å²) in [5.74, 6) is 0.315. The van der Waals surface area contributed by atoms with Crippen LogP contribution in [0.2, 0.25) is 5.02 Å². The van der Waals surface area contributed by atoms with E-state index in [4.69, 9.17) is 11.6 Å². The van der Waals surface area contributed by atoms with Crippen molar-refractivity contribution in [1.82, 2.24) is 5.32 Å². The third-order valence-electron chi connectivity index (χ3n) is 3.94. The lowest BCUT2D eigenvalue weighted by Gasteiger charge is -2.32. The number of ketones is 1. The summed E-state index contributed by atoms with van der Waals surface area (Å²) in [6, 6.07) is 5.91. The van der Waals surface area contributed by atoms with Crippen LogP contribution in [0.1, 0.15) is 30.9 Å². The molecule has 2 rings (SSSR count). The quantitative estimate of drug-likeness (QED) is 0.910. The zero-order valence-corrected chi connectivity index (χ0v) is 11.8. The molecule has 0 aromatic heterocycles. The lowest BCUT2D eigenvalue weighted by atomic mass is 9.75. The SMILES string of the molecule is Cc1ccc(CC(=O)C2(C)CCNCC2)c(Cl)c1. The molecule has 1 N–H and O–H groups in total. The van der Waals surface area contributed by atoms with Crippen molar-refractivity contribution < 1.29 is 4.79 Å². The van der Waals surface area contributed by atoms with Gasteiger partial charge < -0.3 is 5.32 Å². The molecule has 1 fully saturated rings. The fourth-order valence-electron chi connectivity index (χ4n) is 2.44. The molecule has 1 aromatic carbocycles. The van der Waals surface area contributed by atoms with Crippen molar-refractivity contribution in [3.05, 3.63) is 34.3 Å². The van der Waals surface area contributed by atoms with Gasteiger partial charge in [-0.3, -0.25) is 4.79 Å². The van der Waals surface area contributed by atoms with Gasteiger partial charge in [0.25, 0.3) is 0 Å². The van der Waals surface area contributed by atoms with Crippen molar-refractivity contribution in [3.8, 4) is 0 Å². The van der Waals surface area contributed by atoms with Crippen molar-refractivity contribution in [1.29, 1.82) is 0 Å². The van der Waals surface area contributed by atoms with Crippen LogP contribution in [0, 0.1) is 12.3 Å². The topological polar surface area (TPSA) is 29.1 Å². The summed E-state index contributed by atoms with van der Waals surface area (Å²) in [4.78, 5) is 12.4. The molecule has 0 spiro atoms. The summed E-state index contributed by atoms with van der Waals surface area (Å²) in [6.45, 7) is 5.96. The molecule has 1 aromatic rings. The van der Waals surface area contributed by atoms with Gasteiger partial charge in [-0.2, -0.15) is 0 Å². The molecule has 1 heterocycles. The number of benzene rings is 1.